The molecule has 41 heavy (non-hydrogen) atoms. The largest absolute Gasteiger partial charge is 0.494 e. The maximum Gasteiger partial charge on any atom is 0.135 e. The molecular weight excluding hydrogens is 559 g/mol. The van der Waals surface area contributed by atoms with E-state index in [1.54, 1.807) is 0 Å². The molecular formula is C32H40Cl2N4O3. The molecule has 4 rings (SSSR count). The number of rotatable bonds is 12. The average molecular weight is 600 g/mol. The van der Waals surface area contributed by atoms with Gasteiger partial charge >= 0.3 is 0 Å². The second-order valence-electron chi connectivity index (χ2n) is 10.2. The van der Waals surface area contributed by atoms with Crippen molar-refractivity contribution in [3.05, 3.63) is 83.9 Å². The van der Waals surface area contributed by atoms with Gasteiger partial charge in [0.05, 0.1) is 13.2 Å². The summed E-state index contributed by atoms with van der Waals surface area (Å²) in [6.45, 7) is 9.30. The van der Waals surface area contributed by atoms with E-state index in [0.29, 0.717) is 24.9 Å². The maximum atomic E-state index is 8.22. The third-order valence-electron chi connectivity index (χ3n) is 6.03. The molecule has 0 aliphatic carbocycles. The molecule has 1 heterocycles. The summed E-state index contributed by atoms with van der Waals surface area (Å²) in [4.78, 5) is 0. The van der Waals surface area contributed by atoms with Crippen LogP contribution in [-0.2, 0) is 0 Å². The fraction of sp³-hybridized carbons (Fsp3) is 0.312. The van der Waals surface area contributed by atoms with Gasteiger partial charge in [-0.15, -0.1) is 24.8 Å². The molecule has 0 aliphatic heterocycles. The Morgan fingerprint density at radius 1 is 0.683 bits per heavy atom. The minimum absolute atomic E-state index is 0. The minimum Gasteiger partial charge on any atom is -0.494 e. The summed E-state index contributed by atoms with van der Waals surface area (Å²) < 4.78 is 17.8. The summed E-state index contributed by atoms with van der Waals surface area (Å²) in [5.74, 6) is 3.23. The van der Waals surface area contributed by atoms with Crippen molar-refractivity contribution in [1.82, 2.24) is 10.6 Å². The summed E-state index contributed by atoms with van der Waals surface area (Å²) in [7, 11) is 0. The van der Waals surface area contributed by atoms with Crippen LogP contribution in [0, 0.1) is 10.8 Å². The summed E-state index contributed by atoms with van der Waals surface area (Å²) in [5, 5.41) is 23.5. The lowest BCUT2D eigenvalue weighted by molar-refractivity contribution is 0.266. The van der Waals surface area contributed by atoms with Crippen LogP contribution in [0.25, 0.3) is 22.3 Å². The van der Waals surface area contributed by atoms with Gasteiger partial charge in [-0.25, -0.2) is 0 Å². The number of nitrogens with one attached hydrogen (secondary N) is 4. The summed E-state index contributed by atoms with van der Waals surface area (Å²) >= 11 is 0. The molecule has 0 aliphatic rings. The lowest BCUT2D eigenvalue weighted by atomic mass is 10.1. The zero-order valence-corrected chi connectivity index (χ0v) is 25.6. The van der Waals surface area contributed by atoms with Crippen LogP contribution >= 0.6 is 24.8 Å². The predicted molar refractivity (Wildman–Crippen MR) is 173 cm³/mol. The van der Waals surface area contributed by atoms with Crippen LogP contribution in [0.5, 0.6) is 11.5 Å². The quantitative estimate of drug-likeness (QED) is 0.0755. The van der Waals surface area contributed by atoms with Crippen molar-refractivity contribution in [2.24, 2.45) is 0 Å². The number of furan rings is 1. The molecule has 4 N–H and O–H groups in total. The number of hydrogen-bond donors (Lipinski definition) is 4. The van der Waals surface area contributed by atoms with Crippen LogP contribution in [0.4, 0.5) is 0 Å². The number of benzene rings is 3. The second kappa shape index (κ2) is 15.9. The lowest BCUT2D eigenvalue weighted by Crippen LogP contribution is -2.30. The lowest BCUT2D eigenvalue weighted by Gasteiger charge is -2.12. The molecule has 220 valence electrons. The van der Waals surface area contributed by atoms with Crippen LogP contribution in [0.1, 0.15) is 51.7 Å². The predicted octanol–water partition coefficient (Wildman–Crippen LogP) is 7.83. The van der Waals surface area contributed by atoms with Gasteiger partial charge in [-0.05, 0) is 101 Å². The third kappa shape index (κ3) is 9.73. The molecule has 0 radical (unpaired) electrons. The van der Waals surface area contributed by atoms with Gasteiger partial charge in [0.15, 0.2) is 0 Å². The smallest absolute Gasteiger partial charge is 0.135 e. The monoisotopic (exact) mass is 598 g/mol. The first kappa shape index (κ1) is 33.5. The van der Waals surface area contributed by atoms with Gasteiger partial charge in [-0.2, -0.15) is 0 Å². The molecule has 0 spiro atoms. The number of fused-ring (bicyclic) bond motifs is 1. The number of ether oxygens (including phenoxy) is 2. The van der Waals surface area contributed by atoms with Gasteiger partial charge in [0, 0.05) is 34.2 Å². The van der Waals surface area contributed by atoms with E-state index >= 15 is 0 Å². The molecule has 4 aromatic rings. The zero-order chi connectivity index (χ0) is 27.8. The number of unbranched alkanes of at least 4 members (excludes halogenated alkanes) is 1. The first-order valence-corrected chi connectivity index (χ1v) is 13.5. The van der Waals surface area contributed by atoms with Crippen molar-refractivity contribution in [3.63, 3.8) is 0 Å². The summed E-state index contributed by atoms with van der Waals surface area (Å²) in [5.41, 5.74) is 3.39. The third-order valence-corrected chi connectivity index (χ3v) is 6.03. The normalized spacial score (nSPS) is 10.6. The number of halogens is 2. The Labute approximate surface area is 254 Å². The Balaban J connectivity index is 0.00000294. The zero-order valence-electron chi connectivity index (χ0n) is 24.0. The van der Waals surface area contributed by atoms with Crippen molar-refractivity contribution >= 4 is 47.5 Å². The highest BCUT2D eigenvalue weighted by molar-refractivity contribution is 6.00. The number of hydrogen-bond acceptors (Lipinski definition) is 5. The topological polar surface area (TPSA) is 103 Å². The van der Waals surface area contributed by atoms with Crippen LogP contribution in [0.15, 0.2) is 77.2 Å². The molecule has 0 bridgehead atoms. The van der Waals surface area contributed by atoms with Gasteiger partial charge in [-0.3, -0.25) is 10.8 Å². The van der Waals surface area contributed by atoms with E-state index in [1.807, 2.05) is 100 Å². The standard InChI is InChI=1S/C32H38N4O3.2ClH/c1-21(2)35-31(33)24-11-15-28(16-12-24)38-18-6-5-17-37-27-13-9-23(10-14-27)29-19-25-7-8-26(20-30(25)39-29)32(34)36-22(3)4;;/h7-16,19-22H,5-6,17-18H2,1-4H3,(H2,33,35)(H2,34,36);2*1H. The van der Waals surface area contributed by atoms with Crippen molar-refractivity contribution < 1.29 is 13.9 Å². The molecule has 0 atom stereocenters. The van der Waals surface area contributed by atoms with Gasteiger partial charge in [-0.1, -0.05) is 12.1 Å². The Kier molecular flexibility index (Phi) is 13.0. The first-order valence-electron chi connectivity index (χ1n) is 13.5. The molecule has 1 aromatic heterocycles. The van der Waals surface area contributed by atoms with Crippen LogP contribution < -0.4 is 20.1 Å². The molecule has 7 nitrogen and oxygen atoms in total. The Hall–Kier alpha value is -3.68. The Morgan fingerprint density at radius 3 is 1.71 bits per heavy atom. The van der Waals surface area contributed by atoms with Gasteiger partial charge < -0.3 is 24.5 Å². The maximum absolute atomic E-state index is 8.22. The molecule has 0 saturated carbocycles. The Bertz CT molecular complexity index is 1400. The van der Waals surface area contributed by atoms with E-state index in [4.69, 9.17) is 24.7 Å². The summed E-state index contributed by atoms with van der Waals surface area (Å²) in [6.07, 6.45) is 1.77. The highest BCUT2D eigenvalue weighted by Crippen LogP contribution is 2.29. The van der Waals surface area contributed by atoms with Gasteiger partial charge in [0.25, 0.3) is 0 Å². The molecule has 0 fully saturated rings. The fourth-order valence-corrected chi connectivity index (χ4v) is 4.09. The molecule has 0 unspecified atom stereocenters. The summed E-state index contributed by atoms with van der Waals surface area (Å²) in [6, 6.07) is 23.8. The van der Waals surface area contributed by atoms with E-state index in [-0.39, 0.29) is 36.9 Å². The van der Waals surface area contributed by atoms with Crippen molar-refractivity contribution in [2.45, 2.75) is 52.6 Å². The Morgan fingerprint density at radius 2 is 1.17 bits per heavy atom. The molecule has 0 saturated heterocycles. The number of amidine groups is 2. The van der Waals surface area contributed by atoms with E-state index in [2.05, 4.69) is 10.6 Å². The molecule has 9 heteroatoms. The molecule has 0 amide bonds. The van der Waals surface area contributed by atoms with E-state index in [1.165, 1.54) is 0 Å². The van der Waals surface area contributed by atoms with Gasteiger partial charge in [0.2, 0.25) is 0 Å². The van der Waals surface area contributed by atoms with Crippen LogP contribution in [0.2, 0.25) is 0 Å². The highest BCUT2D eigenvalue weighted by atomic mass is 35.5. The minimum atomic E-state index is 0. The average Bonchev–Trinajstić information content (AvgIpc) is 3.34. The van der Waals surface area contributed by atoms with E-state index < -0.39 is 0 Å². The van der Waals surface area contributed by atoms with Crippen LogP contribution in [0.3, 0.4) is 0 Å². The van der Waals surface area contributed by atoms with E-state index in [0.717, 1.165) is 57.8 Å². The van der Waals surface area contributed by atoms with Crippen molar-refractivity contribution in [1.29, 1.82) is 10.8 Å². The second-order valence-corrected chi connectivity index (χ2v) is 10.2. The highest BCUT2D eigenvalue weighted by Gasteiger charge is 2.10. The van der Waals surface area contributed by atoms with Gasteiger partial charge in [0.1, 0.15) is 34.5 Å². The SMILES string of the molecule is CC(C)NC(=N)c1ccc(OCCCCOc2ccc(-c3cc4ccc(C(=N)NC(C)C)cc4o3)cc2)cc1.Cl.Cl. The van der Waals surface area contributed by atoms with Crippen LogP contribution in [-0.4, -0.2) is 37.0 Å². The van der Waals surface area contributed by atoms with Crippen molar-refractivity contribution in [3.8, 4) is 22.8 Å². The van der Waals surface area contributed by atoms with E-state index in [9.17, 15) is 0 Å². The van der Waals surface area contributed by atoms with Crippen molar-refractivity contribution in [2.75, 3.05) is 13.2 Å². The first-order chi connectivity index (χ1) is 18.8. The fourth-order valence-electron chi connectivity index (χ4n) is 4.09. The molecule has 3 aromatic carbocycles.